The van der Waals surface area contributed by atoms with Crippen LogP contribution in [0.2, 0.25) is 30.1 Å². The molecule has 32 heteroatoms. The number of carbonyl (C=O) groups excluding carboxylic acids is 7. The molecule has 640 valence electrons. The van der Waals surface area contributed by atoms with Crippen LogP contribution in [0, 0.1) is 0 Å². The van der Waals surface area contributed by atoms with Crippen LogP contribution in [0.5, 0.6) is 0 Å². The Labute approximate surface area is 724 Å². The molecule has 6 heterocycles. The third kappa shape index (κ3) is 24.0. The second kappa shape index (κ2) is 42.9. The molecule has 6 aromatic rings. The van der Waals surface area contributed by atoms with Crippen molar-refractivity contribution >= 4 is 117 Å². The van der Waals surface area contributed by atoms with Gasteiger partial charge in [-0.05, 0) is 168 Å². The molecular weight excluding hydrogens is 1650 g/mol. The fraction of sp³-hybridized carbons (Fsp3) is 0.494. The zero-order valence-corrected chi connectivity index (χ0v) is 72.2. The van der Waals surface area contributed by atoms with Gasteiger partial charge in [0.05, 0.1) is 79.3 Å². The number of amides is 8. The van der Waals surface area contributed by atoms with E-state index in [4.69, 9.17) is 98.0 Å². The number of hydrogen-bond acceptors (Lipinski definition) is 17. The average Bonchev–Trinajstić information content (AvgIpc) is 1.76. The Hall–Kier alpha value is -7.74. The molecule has 8 amide bonds. The summed E-state index contributed by atoms with van der Waals surface area (Å²) in [6.45, 7) is 11.4. The van der Waals surface area contributed by atoms with Gasteiger partial charge in [0.2, 0.25) is 17.7 Å². The van der Waals surface area contributed by atoms with E-state index in [1.165, 1.54) is 0 Å². The van der Waals surface area contributed by atoms with Crippen molar-refractivity contribution in [3.63, 3.8) is 0 Å². The normalized spacial score (nSPS) is 17.8. The Balaban J connectivity index is 0.580. The summed E-state index contributed by atoms with van der Waals surface area (Å²) in [4.78, 5) is 120. The van der Waals surface area contributed by atoms with Crippen LogP contribution in [0.15, 0.2) is 91.0 Å². The lowest BCUT2D eigenvalue weighted by Crippen LogP contribution is -2.56. The van der Waals surface area contributed by atoms with Crippen LogP contribution in [0.1, 0.15) is 167 Å². The summed E-state index contributed by atoms with van der Waals surface area (Å²) in [5.74, 6) is -2.73. The van der Waals surface area contributed by atoms with Gasteiger partial charge < -0.3 is 89.5 Å². The molecule has 0 saturated carbocycles. The van der Waals surface area contributed by atoms with Crippen LogP contribution in [-0.2, 0) is 86.9 Å². The summed E-state index contributed by atoms with van der Waals surface area (Å²) >= 11 is 39.3. The van der Waals surface area contributed by atoms with Gasteiger partial charge in [0.25, 0.3) is 17.7 Å². The molecule has 0 fully saturated rings. The quantitative estimate of drug-likeness (QED) is 0.0194. The van der Waals surface area contributed by atoms with Gasteiger partial charge in [-0.25, -0.2) is 9.59 Å². The number of benzene rings is 6. The zero-order chi connectivity index (χ0) is 84.4. The standard InChI is InChI=1S/C87H105Cl6N11O15/c1-5-78(85(111)112)97-86(113)98-87(15-12-79(105)94-18-24-114-30-33-117-27-21-102-45-57-9-6-54(36-63(57)82(102)108)69-48-99(2)51-72-66(69)39-60(88)42-75(72)91,16-13-80(106)95-19-25-115-31-34-118-28-22-103-46-58-10-7-55(37-64(58)83(103)109)70-49-100(3)52-73-67(70)40-61(89)43-76(73)92)17-14-81(107)96-20-26-116-32-35-119-29-23-104-47-59-11-8-56(38-65(59)84(104)110)71-50-101(4)53-74-68(71)41-62(90)44-77(74)93/h6-11,36-44,69-71,78H,5,12-35,45-53H2,1-4H3,(H,94,105)(H,95,106)(H,96,107)(H,111,112)(H2,97,98,113)/t69?,70?,71?,78-,87?/m0/s1. The molecule has 119 heavy (non-hydrogen) atoms. The number of aliphatic carboxylic acids is 1. The van der Waals surface area contributed by atoms with E-state index >= 15 is 0 Å². The number of fused-ring (bicyclic) bond motifs is 6. The first-order valence-corrected chi connectivity index (χ1v) is 42.9. The van der Waals surface area contributed by atoms with Crippen molar-refractivity contribution in [3.05, 3.63) is 205 Å². The molecule has 0 spiro atoms. The summed E-state index contributed by atoms with van der Waals surface area (Å²) in [5.41, 5.74) is 12.8. The molecule has 6 aliphatic rings. The number of nitrogens with zero attached hydrogens (tertiary/aromatic N) is 6. The molecule has 12 rings (SSSR count). The predicted octanol–water partition coefficient (Wildman–Crippen LogP) is 11.3. The minimum Gasteiger partial charge on any atom is -0.480 e. The molecular formula is C87H105Cl6N11O15. The van der Waals surface area contributed by atoms with Crippen molar-refractivity contribution in [1.82, 2.24) is 56.0 Å². The van der Waals surface area contributed by atoms with Crippen molar-refractivity contribution in [2.24, 2.45) is 0 Å². The van der Waals surface area contributed by atoms with E-state index < -0.39 is 41.3 Å². The Morgan fingerprint density at radius 3 is 1.03 bits per heavy atom. The minimum atomic E-state index is -1.40. The van der Waals surface area contributed by atoms with Crippen LogP contribution in [0.3, 0.4) is 0 Å². The van der Waals surface area contributed by atoms with Crippen LogP contribution in [-0.4, -0.2) is 253 Å². The van der Waals surface area contributed by atoms with Gasteiger partial charge in [-0.3, -0.25) is 28.8 Å². The van der Waals surface area contributed by atoms with Gasteiger partial charge >= 0.3 is 12.0 Å². The minimum absolute atomic E-state index is 0.00873. The molecule has 3 unspecified atom stereocenters. The van der Waals surface area contributed by atoms with E-state index in [1.807, 2.05) is 75.7 Å². The Morgan fingerprint density at radius 1 is 0.429 bits per heavy atom. The topological polar surface area (TPSA) is 292 Å². The zero-order valence-electron chi connectivity index (χ0n) is 67.6. The number of carbonyl (C=O) groups is 8. The summed E-state index contributed by atoms with van der Waals surface area (Å²) in [6, 6.07) is 27.3. The number of carboxylic acid groups (broad SMARTS) is 1. The number of likely N-dealkylation sites (N-methyl/N-ethyl adjacent to an activating group) is 3. The van der Waals surface area contributed by atoms with Gasteiger partial charge in [-0.15, -0.1) is 0 Å². The molecule has 4 atom stereocenters. The number of urea groups is 1. The Morgan fingerprint density at radius 2 is 0.731 bits per heavy atom. The lowest BCUT2D eigenvalue weighted by Gasteiger charge is -2.35. The summed E-state index contributed by atoms with van der Waals surface area (Å²) in [6.07, 6.45) is -0.617. The molecule has 0 radical (unpaired) electrons. The number of ether oxygens (including phenoxy) is 6. The first-order chi connectivity index (χ1) is 57.3. The van der Waals surface area contributed by atoms with Crippen molar-refractivity contribution in [2.45, 2.75) is 120 Å². The molecule has 0 aromatic heterocycles. The van der Waals surface area contributed by atoms with Crippen LogP contribution >= 0.6 is 69.6 Å². The molecule has 6 aromatic carbocycles. The lowest BCUT2D eigenvalue weighted by molar-refractivity contribution is -0.139. The summed E-state index contributed by atoms with van der Waals surface area (Å²) < 4.78 is 35.0. The maximum absolute atomic E-state index is 13.9. The maximum Gasteiger partial charge on any atom is 0.326 e. The van der Waals surface area contributed by atoms with Crippen LogP contribution in [0.4, 0.5) is 4.79 Å². The van der Waals surface area contributed by atoms with Gasteiger partial charge in [-0.2, -0.15) is 0 Å². The van der Waals surface area contributed by atoms with Crippen molar-refractivity contribution in [2.75, 3.05) is 159 Å². The van der Waals surface area contributed by atoms with Gasteiger partial charge in [0, 0.05) is 188 Å². The van der Waals surface area contributed by atoms with Crippen molar-refractivity contribution < 1.29 is 71.9 Å². The maximum atomic E-state index is 13.9. The highest BCUT2D eigenvalue weighted by Crippen LogP contribution is 2.44. The summed E-state index contributed by atoms with van der Waals surface area (Å²) in [7, 11) is 6.14. The van der Waals surface area contributed by atoms with Gasteiger partial charge in [-0.1, -0.05) is 113 Å². The highest BCUT2D eigenvalue weighted by molar-refractivity contribution is 6.36. The highest BCUT2D eigenvalue weighted by Gasteiger charge is 2.39. The summed E-state index contributed by atoms with van der Waals surface area (Å²) in [5, 5.41) is 27.4. The van der Waals surface area contributed by atoms with Gasteiger partial charge in [0.15, 0.2) is 0 Å². The number of halogens is 6. The second-order valence-electron chi connectivity index (χ2n) is 31.4. The lowest BCUT2D eigenvalue weighted by atomic mass is 9.83. The number of hydrogen-bond donors (Lipinski definition) is 6. The first kappa shape index (κ1) is 90.5. The molecule has 0 saturated heterocycles. The van der Waals surface area contributed by atoms with E-state index in [2.05, 4.69) is 59.5 Å². The third-order valence-electron chi connectivity index (χ3n) is 22.9. The largest absolute Gasteiger partial charge is 0.480 e. The number of carboxylic acids is 1. The fourth-order valence-corrected chi connectivity index (χ4v) is 18.4. The molecule has 6 N–H and O–H groups in total. The SMILES string of the molecule is CC[C@H](NC(=O)NC(CCC(=O)NCCOCCOCCN1Cc2ccc(C3CN(C)Cc4c(Cl)cc(Cl)cc43)cc2C1=O)(CCC(=O)NCCOCCOCCN1Cc2ccc(C3CN(C)Cc4c(Cl)cc(Cl)cc43)cc2C1=O)CCC(=O)NCCOCCOCCN1Cc2ccc(C3CN(C)Cc4c(Cl)cc(Cl)cc43)cc2C1=O)C(=O)O. The smallest absolute Gasteiger partial charge is 0.326 e. The predicted molar refractivity (Wildman–Crippen MR) is 455 cm³/mol. The Kier molecular flexibility index (Phi) is 32.6. The first-order valence-electron chi connectivity index (χ1n) is 40.6. The molecule has 6 aliphatic heterocycles. The van der Waals surface area contributed by atoms with Crippen LogP contribution < -0.4 is 26.6 Å². The number of rotatable bonds is 43. The average molecular weight is 1760 g/mol. The molecule has 0 bridgehead atoms. The van der Waals surface area contributed by atoms with E-state index in [-0.39, 0.29) is 179 Å². The number of nitrogens with one attached hydrogen (secondary N) is 5. The van der Waals surface area contributed by atoms with E-state index in [1.54, 1.807) is 39.8 Å². The van der Waals surface area contributed by atoms with E-state index in [9.17, 15) is 43.5 Å². The van der Waals surface area contributed by atoms with E-state index in [0.717, 1.165) is 86.4 Å². The second-order valence-corrected chi connectivity index (χ2v) is 34.0. The monoisotopic (exact) mass is 1750 g/mol. The third-order valence-corrected chi connectivity index (χ3v) is 24.6. The molecule has 26 nitrogen and oxygen atoms in total. The van der Waals surface area contributed by atoms with Crippen LogP contribution in [0.25, 0.3) is 0 Å². The van der Waals surface area contributed by atoms with E-state index in [0.29, 0.717) is 106 Å². The van der Waals surface area contributed by atoms with Crippen molar-refractivity contribution in [1.29, 1.82) is 0 Å². The van der Waals surface area contributed by atoms with Crippen molar-refractivity contribution in [3.8, 4) is 0 Å². The Bertz CT molecular complexity index is 4250. The fourth-order valence-electron chi connectivity index (χ4n) is 16.7. The highest BCUT2D eigenvalue weighted by atomic mass is 35.5. The molecule has 0 aliphatic carbocycles. The van der Waals surface area contributed by atoms with Gasteiger partial charge in [0.1, 0.15) is 6.04 Å².